The van der Waals surface area contributed by atoms with Crippen LogP contribution in [-0.4, -0.2) is 31.5 Å². The van der Waals surface area contributed by atoms with Crippen molar-refractivity contribution in [1.29, 1.82) is 0 Å². The summed E-state index contributed by atoms with van der Waals surface area (Å²) in [5.74, 6) is -1.10. The standard InChI is InChI=1S/C12H14Cl2FNO2/c1-18-7-9(14)4-5-16-12(17)10-6-8(13)2-3-11(10)15/h2-3,6,9H,4-5,7H2,1H3,(H,16,17). The van der Waals surface area contributed by atoms with Gasteiger partial charge >= 0.3 is 0 Å². The average Bonchev–Trinajstić information content (AvgIpc) is 2.32. The van der Waals surface area contributed by atoms with Crippen molar-refractivity contribution in [1.82, 2.24) is 5.32 Å². The van der Waals surface area contributed by atoms with Gasteiger partial charge in [-0.25, -0.2) is 4.39 Å². The van der Waals surface area contributed by atoms with Crippen LogP contribution in [0.25, 0.3) is 0 Å². The van der Waals surface area contributed by atoms with Gasteiger partial charge in [0.05, 0.1) is 17.5 Å². The SMILES string of the molecule is COCC(Cl)CCNC(=O)c1cc(Cl)ccc1F. The summed E-state index contributed by atoms with van der Waals surface area (Å²) in [5.41, 5.74) is -0.0691. The first-order valence-electron chi connectivity index (χ1n) is 5.41. The van der Waals surface area contributed by atoms with Crippen molar-refractivity contribution in [2.24, 2.45) is 0 Å². The second-order valence-corrected chi connectivity index (χ2v) is 4.78. The number of hydrogen-bond donors (Lipinski definition) is 1. The first-order valence-corrected chi connectivity index (χ1v) is 6.22. The molecule has 0 bridgehead atoms. The van der Waals surface area contributed by atoms with Gasteiger partial charge in [0.25, 0.3) is 5.91 Å². The number of alkyl halides is 1. The molecule has 6 heteroatoms. The average molecular weight is 294 g/mol. The van der Waals surface area contributed by atoms with Crippen LogP contribution in [0, 0.1) is 5.82 Å². The van der Waals surface area contributed by atoms with Crippen LogP contribution < -0.4 is 5.32 Å². The van der Waals surface area contributed by atoms with Crippen molar-refractivity contribution in [2.75, 3.05) is 20.3 Å². The molecule has 18 heavy (non-hydrogen) atoms. The number of methoxy groups -OCH3 is 1. The molecule has 0 radical (unpaired) electrons. The lowest BCUT2D eigenvalue weighted by molar-refractivity contribution is 0.0947. The van der Waals surface area contributed by atoms with Crippen molar-refractivity contribution in [3.63, 3.8) is 0 Å². The molecule has 1 atom stereocenters. The van der Waals surface area contributed by atoms with Crippen molar-refractivity contribution >= 4 is 29.1 Å². The number of benzene rings is 1. The van der Waals surface area contributed by atoms with Gasteiger partial charge in [-0.2, -0.15) is 0 Å². The maximum Gasteiger partial charge on any atom is 0.254 e. The molecule has 0 aliphatic rings. The molecule has 1 rings (SSSR count). The van der Waals surface area contributed by atoms with E-state index in [1.807, 2.05) is 0 Å². The smallest absolute Gasteiger partial charge is 0.254 e. The largest absolute Gasteiger partial charge is 0.383 e. The minimum absolute atomic E-state index is 0.0691. The van der Waals surface area contributed by atoms with Crippen molar-refractivity contribution in [3.8, 4) is 0 Å². The molecule has 1 N–H and O–H groups in total. The third-order valence-corrected chi connectivity index (χ3v) is 2.84. The quantitative estimate of drug-likeness (QED) is 0.819. The lowest BCUT2D eigenvalue weighted by atomic mass is 10.2. The summed E-state index contributed by atoms with van der Waals surface area (Å²) in [6.45, 7) is 0.755. The van der Waals surface area contributed by atoms with Gasteiger partial charge in [0, 0.05) is 18.7 Å². The monoisotopic (exact) mass is 293 g/mol. The van der Waals surface area contributed by atoms with Gasteiger partial charge in [-0.05, 0) is 24.6 Å². The fourth-order valence-corrected chi connectivity index (χ4v) is 1.78. The maximum absolute atomic E-state index is 13.4. The molecule has 0 saturated carbocycles. The molecule has 0 aliphatic carbocycles. The summed E-state index contributed by atoms with van der Waals surface area (Å²) >= 11 is 11.6. The molecule has 3 nitrogen and oxygen atoms in total. The molecule has 1 aromatic rings. The predicted molar refractivity (Wildman–Crippen MR) is 69.9 cm³/mol. The number of hydrogen-bond acceptors (Lipinski definition) is 2. The minimum Gasteiger partial charge on any atom is -0.383 e. The van der Waals surface area contributed by atoms with Gasteiger partial charge in [0.2, 0.25) is 0 Å². The summed E-state index contributed by atoms with van der Waals surface area (Å²) in [4.78, 5) is 11.7. The number of halogens is 3. The Labute approximate surface area is 115 Å². The normalized spacial score (nSPS) is 12.2. The molecule has 0 aromatic heterocycles. The van der Waals surface area contributed by atoms with Crippen LogP contribution in [0.3, 0.4) is 0 Å². The van der Waals surface area contributed by atoms with Crippen LogP contribution in [-0.2, 0) is 4.74 Å². The molecule has 0 fully saturated rings. The Morgan fingerprint density at radius 1 is 1.56 bits per heavy atom. The molecule has 0 heterocycles. The Balaban J connectivity index is 2.48. The molecule has 1 amide bonds. The Morgan fingerprint density at radius 2 is 2.28 bits per heavy atom. The van der Waals surface area contributed by atoms with E-state index in [0.29, 0.717) is 24.6 Å². The number of ether oxygens (including phenoxy) is 1. The summed E-state index contributed by atoms with van der Waals surface area (Å²) < 4.78 is 18.2. The van der Waals surface area contributed by atoms with E-state index in [0.717, 1.165) is 6.07 Å². The highest BCUT2D eigenvalue weighted by Crippen LogP contribution is 2.14. The first-order chi connectivity index (χ1) is 8.54. The van der Waals surface area contributed by atoms with Crippen LogP contribution in [0.2, 0.25) is 5.02 Å². The second kappa shape index (κ2) is 7.56. The summed E-state index contributed by atoms with van der Waals surface area (Å²) in [6.07, 6.45) is 0.545. The van der Waals surface area contributed by atoms with Crippen LogP contribution in [0.15, 0.2) is 18.2 Å². The fraction of sp³-hybridized carbons (Fsp3) is 0.417. The highest BCUT2D eigenvalue weighted by atomic mass is 35.5. The summed E-state index contributed by atoms with van der Waals surface area (Å²) in [5, 5.41) is 2.71. The lowest BCUT2D eigenvalue weighted by Crippen LogP contribution is -2.27. The highest BCUT2D eigenvalue weighted by Gasteiger charge is 2.12. The zero-order chi connectivity index (χ0) is 13.5. The van der Waals surface area contributed by atoms with E-state index in [1.54, 1.807) is 7.11 Å². The minimum atomic E-state index is -0.601. The number of nitrogens with one attached hydrogen (secondary N) is 1. The Hall–Kier alpha value is -0.840. The fourth-order valence-electron chi connectivity index (χ4n) is 1.37. The lowest BCUT2D eigenvalue weighted by Gasteiger charge is -2.09. The second-order valence-electron chi connectivity index (χ2n) is 3.72. The van der Waals surface area contributed by atoms with E-state index in [4.69, 9.17) is 27.9 Å². The molecule has 1 unspecified atom stereocenters. The van der Waals surface area contributed by atoms with E-state index < -0.39 is 11.7 Å². The molecular formula is C12H14Cl2FNO2. The van der Waals surface area contributed by atoms with Crippen molar-refractivity contribution in [2.45, 2.75) is 11.8 Å². The third-order valence-electron chi connectivity index (χ3n) is 2.26. The van der Waals surface area contributed by atoms with E-state index in [-0.39, 0.29) is 10.9 Å². The van der Waals surface area contributed by atoms with Crippen molar-refractivity contribution in [3.05, 3.63) is 34.6 Å². The molecule has 0 saturated heterocycles. The zero-order valence-corrected chi connectivity index (χ0v) is 11.4. The summed E-state index contributed by atoms with van der Waals surface area (Å²) in [7, 11) is 1.55. The Kier molecular flexibility index (Phi) is 6.39. The van der Waals surface area contributed by atoms with E-state index in [2.05, 4.69) is 5.32 Å². The zero-order valence-electron chi connectivity index (χ0n) is 9.88. The number of rotatable bonds is 6. The van der Waals surface area contributed by atoms with Gasteiger partial charge < -0.3 is 10.1 Å². The third kappa shape index (κ3) is 4.80. The van der Waals surface area contributed by atoms with Crippen LogP contribution in [0.1, 0.15) is 16.8 Å². The number of carbonyl (C=O) groups is 1. The van der Waals surface area contributed by atoms with Gasteiger partial charge in [-0.15, -0.1) is 11.6 Å². The Morgan fingerprint density at radius 3 is 2.94 bits per heavy atom. The van der Waals surface area contributed by atoms with Crippen LogP contribution in [0.4, 0.5) is 4.39 Å². The predicted octanol–water partition coefficient (Wildman–Crippen LogP) is 2.85. The van der Waals surface area contributed by atoms with Gasteiger partial charge in [-0.1, -0.05) is 11.6 Å². The molecule has 1 aromatic carbocycles. The topological polar surface area (TPSA) is 38.3 Å². The summed E-state index contributed by atoms with van der Waals surface area (Å²) in [6, 6.07) is 3.84. The molecule has 0 aliphatic heterocycles. The molecule has 100 valence electrons. The molecule has 0 spiro atoms. The highest BCUT2D eigenvalue weighted by molar-refractivity contribution is 6.31. The van der Waals surface area contributed by atoms with E-state index >= 15 is 0 Å². The van der Waals surface area contributed by atoms with Gasteiger partial charge in [0.15, 0.2) is 0 Å². The Bertz CT molecular complexity index is 415. The van der Waals surface area contributed by atoms with E-state index in [1.165, 1.54) is 12.1 Å². The maximum atomic E-state index is 13.4. The number of amides is 1. The van der Waals surface area contributed by atoms with Gasteiger partial charge in [0.1, 0.15) is 5.82 Å². The number of carbonyl (C=O) groups excluding carboxylic acids is 1. The first kappa shape index (κ1) is 15.2. The molecular weight excluding hydrogens is 280 g/mol. The van der Waals surface area contributed by atoms with Crippen molar-refractivity contribution < 1.29 is 13.9 Å². The van der Waals surface area contributed by atoms with E-state index in [9.17, 15) is 9.18 Å². The van der Waals surface area contributed by atoms with Gasteiger partial charge in [-0.3, -0.25) is 4.79 Å². The van der Waals surface area contributed by atoms with Crippen LogP contribution >= 0.6 is 23.2 Å². The van der Waals surface area contributed by atoms with Crippen LogP contribution in [0.5, 0.6) is 0 Å².